The minimum Gasteiger partial charge on any atom is -0.398 e. The van der Waals surface area contributed by atoms with Crippen LogP contribution in [0.25, 0.3) is 0 Å². The highest BCUT2D eigenvalue weighted by molar-refractivity contribution is 7.92. The van der Waals surface area contributed by atoms with Crippen LogP contribution in [0.4, 0.5) is 5.69 Å². The van der Waals surface area contributed by atoms with Gasteiger partial charge in [-0.3, -0.25) is 0 Å². The van der Waals surface area contributed by atoms with Gasteiger partial charge in [-0.25, -0.2) is 8.42 Å². The van der Waals surface area contributed by atoms with E-state index in [1.165, 1.54) is 6.07 Å². The fraction of sp³-hybridized carbons (Fsp3) is 0.400. The zero-order valence-electron chi connectivity index (χ0n) is 8.70. The average molecular weight is 248 g/mol. The molecule has 0 aliphatic rings. The molecule has 0 heterocycles. The topological polar surface area (TPSA) is 60.2 Å². The molecule has 0 saturated carbocycles. The normalized spacial score (nSPS) is 13.8. The highest BCUT2D eigenvalue weighted by Gasteiger charge is 2.26. The van der Waals surface area contributed by atoms with Crippen LogP contribution in [0.1, 0.15) is 20.3 Å². The number of rotatable bonds is 3. The Bertz CT molecular complexity index is 436. The lowest BCUT2D eigenvalue weighted by Gasteiger charge is -2.13. The maximum atomic E-state index is 12.0. The highest BCUT2D eigenvalue weighted by atomic mass is 35.5. The summed E-state index contributed by atoms with van der Waals surface area (Å²) in [5.41, 5.74) is 5.85. The van der Waals surface area contributed by atoms with Crippen molar-refractivity contribution in [2.45, 2.75) is 30.4 Å². The van der Waals surface area contributed by atoms with Crippen LogP contribution in [-0.2, 0) is 9.84 Å². The molecule has 0 aliphatic carbocycles. The smallest absolute Gasteiger partial charge is 0.184 e. The van der Waals surface area contributed by atoms with Crippen LogP contribution >= 0.6 is 11.6 Å². The van der Waals surface area contributed by atoms with Gasteiger partial charge in [-0.15, -0.1) is 0 Å². The number of halogens is 1. The predicted octanol–water partition coefficient (Wildman–Crippen LogP) is 2.49. The van der Waals surface area contributed by atoms with Crippen LogP contribution in [0.5, 0.6) is 0 Å². The third-order valence-corrected chi connectivity index (χ3v) is 5.23. The molecule has 0 radical (unpaired) electrons. The monoisotopic (exact) mass is 247 g/mol. The number of hydrogen-bond acceptors (Lipinski definition) is 3. The lowest BCUT2D eigenvalue weighted by molar-refractivity contribution is 0.581. The summed E-state index contributed by atoms with van der Waals surface area (Å²) < 4.78 is 24.1. The minimum absolute atomic E-state index is 0.0565. The molecule has 0 fully saturated rings. The van der Waals surface area contributed by atoms with Crippen molar-refractivity contribution in [1.29, 1.82) is 0 Å². The lowest BCUT2D eigenvalue weighted by atomic mass is 10.3. The molecule has 2 N–H and O–H groups in total. The van der Waals surface area contributed by atoms with E-state index in [9.17, 15) is 8.42 Å². The molecule has 84 valence electrons. The maximum absolute atomic E-state index is 12.0. The van der Waals surface area contributed by atoms with E-state index in [1.54, 1.807) is 19.1 Å². The molecule has 0 bridgehead atoms. The molecule has 0 aromatic heterocycles. The van der Waals surface area contributed by atoms with Crippen molar-refractivity contribution in [3.63, 3.8) is 0 Å². The second-order valence-electron chi connectivity index (χ2n) is 3.42. The zero-order chi connectivity index (χ0) is 11.6. The van der Waals surface area contributed by atoms with Crippen molar-refractivity contribution in [1.82, 2.24) is 0 Å². The Labute approximate surface area is 95.2 Å². The van der Waals surface area contributed by atoms with Gasteiger partial charge in [-0.1, -0.05) is 24.6 Å². The summed E-state index contributed by atoms with van der Waals surface area (Å²) in [7, 11) is -3.41. The van der Waals surface area contributed by atoms with E-state index in [-0.39, 0.29) is 15.6 Å². The Morgan fingerprint density at radius 2 is 2.07 bits per heavy atom. The molecule has 0 saturated heterocycles. The second kappa shape index (κ2) is 4.41. The van der Waals surface area contributed by atoms with Gasteiger partial charge in [-0.05, 0) is 25.5 Å². The summed E-state index contributed by atoms with van der Waals surface area (Å²) >= 11 is 5.86. The molecule has 1 atom stereocenters. The molecule has 0 amide bonds. The van der Waals surface area contributed by atoms with Crippen LogP contribution in [0.3, 0.4) is 0 Å². The summed E-state index contributed by atoms with van der Waals surface area (Å²) in [6.07, 6.45) is 0.535. The van der Waals surface area contributed by atoms with Gasteiger partial charge in [0.1, 0.15) is 4.90 Å². The van der Waals surface area contributed by atoms with Crippen LogP contribution in [0.2, 0.25) is 5.02 Å². The van der Waals surface area contributed by atoms with Crippen molar-refractivity contribution in [3.8, 4) is 0 Å². The van der Waals surface area contributed by atoms with Gasteiger partial charge in [0.25, 0.3) is 0 Å². The van der Waals surface area contributed by atoms with E-state index < -0.39 is 15.1 Å². The number of sulfone groups is 1. The quantitative estimate of drug-likeness (QED) is 0.835. The summed E-state index contributed by atoms with van der Waals surface area (Å²) in [5.74, 6) is 0. The van der Waals surface area contributed by atoms with Gasteiger partial charge in [0.2, 0.25) is 0 Å². The highest BCUT2D eigenvalue weighted by Crippen LogP contribution is 2.30. The Balaban J connectivity index is 3.40. The van der Waals surface area contributed by atoms with Crippen LogP contribution in [0.15, 0.2) is 23.1 Å². The van der Waals surface area contributed by atoms with Gasteiger partial charge in [-0.2, -0.15) is 0 Å². The first-order valence-corrected chi connectivity index (χ1v) is 6.61. The van der Waals surface area contributed by atoms with Crippen LogP contribution < -0.4 is 5.73 Å². The first-order chi connectivity index (χ1) is 6.91. The Kier molecular flexibility index (Phi) is 3.62. The maximum Gasteiger partial charge on any atom is 0.184 e. The summed E-state index contributed by atoms with van der Waals surface area (Å²) in [6, 6.07) is 4.71. The summed E-state index contributed by atoms with van der Waals surface area (Å²) in [4.78, 5) is 0.0565. The summed E-state index contributed by atoms with van der Waals surface area (Å²) in [5, 5.41) is -0.282. The fourth-order valence-corrected chi connectivity index (χ4v) is 3.33. The third-order valence-electron chi connectivity index (χ3n) is 2.39. The molecule has 1 rings (SSSR count). The molecular weight excluding hydrogens is 234 g/mol. The number of hydrogen-bond donors (Lipinski definition) is 1. The van der Waals surface area contributed by atoms with Gasteiger partial charge in [0, 0.05) is 0 Å². The van der Waals surface area contributed by atoms with Gasteiger partial charge >= 0.3 is 0 Å². The van der Waals surface area contributed by atoms with Gasteiger partial charge < -0.3 is 5.73 Å². The van der Waals surface area contributed by atoms with Crippen molar-refractivity contribution >= 4 is 27.1 Å². The van der Waals surface area contributed by atoms with Crippen molar-refractivity contribution in [2.24, 2.45) is 0 Å². The standard InChI is InChI=1S/C10H14ClNO2S/c1-3-7(2)15(13,14)10-8(11)5-4-6-9(10)12/h4-7H,3,12H2,1-2H3. The molecule has 1 unspecified atom stereocenters. The molecular formula is C10H14ClNO2S. The van der Waals surface area contributed by atoms with E-state index in [0.29, 0.717) is 6.42 Å². The molecule has 15 heavy (non-hydrogen) atoms. The fourth-order valence-electron chi connectivity index (χ4n) is 1.25. The first kappa shape index (κ1) is 12.3. The summed E-state index contributed by atoms with van der Waals surface area (Å²) in [6.45, 7) is 3.47. The Hall–Kier alpha value is -0.740. The lowest BCUT2D eigenvalue weighted by Crippen LogP contribution is -2.18. The van der Waals surface area contributed by atoms with Crippen LogP contribution in [-0.4, -0.2) is 13.7 Å². The Morgan fingerprint density at radius 3 is 2.53 bits per heavy atom. The number of nitrogens with two attached hydrogens (primary N) is 1. The molecule has 0 spiro atoms. The largest absolute Gasteiger partial charge is 0.398 e. The van der Waals surface area contributed by atoms with Gasteiger partial charge in [0.05, 0.1) is 16.0 Å². The SMILES string of the molecule is CCC(C)S(=O)(=O)c1c(N)cccc1Cl. The van der Waals surface area contributed by atoms with Gasteiger partial charge in [0.15, 0.2) is 9.84 Å². The minimum atomic E-state index is -3.41. The Morgan fingerprint density at radius 1 is 1.47 bits per heavy atom. The molecule has 0 aliphatic heterocycles. The van der Waals surface area contributed by atoms with E-state index in [4.69, 9.17) is 17.3 Å². The van der Waals surface area contributed by atoms with Crippen LogP contribution in [0, 0.1) is 0 Å². The van der Waals surface area contributed by atoms with Crippen molar-refractivity contribution in [3.05, 3.63) is 23.2 Å². The molecule has 3 nitrogen and oxygen atoms in total. The second-order valence-corrected chi connectivity index (χ2v) is 6.13. The van der Waals surface area contributed by atoms with E-state index in [0.717, 1.165) is 0 Å². The number of anilines is 1. The molecule has 1 aromatic carbocycles. The molecule has 1 aromatic rings. The van der Waals surface area contributed by atoms with E-state index >= 15 is 0 Å². The number of nitrogen functional groups attached to an aromatic ring is 1. The number of benzene rings is 1. The van der Waals surface area contributed by atoms with E-state index in [2.05, 4.69) is 0 Å². The molecule has 5 heteroatoms. The zero-order valence-corrected chi connectivity index (χ0v) is 10.3. The van der Waals surface area contributed by atoms with Crippen molar-refractivity contribution < 1.29 is 8.42 Å². The van der Waals surface area contributed by atoms with Crippen molar-refractivity contribution in [2.75, 3.05) is 5.73 Å². The first-order valence-electron chi connectivity index (χ1n) is 4.69. The predicted molar refractivity (Wildman–Crippen MR) is 62.8 cm³/mol. The van der Waals surface area contributed by atoms with E-state index in [1.807, 2.05) is 6.92 Å². The third kappa shape index (κ3) is 2.26. The average Bonchev–Trinajstić information content (AvgIpc) is 2.15.